The Labute approximate surface area is 135 Å². The molecule has 1 heterocycles. The normalized spacial score (nSPS) is 15.8. The summed E-state index contributed by atoms with van der Waals surface area (Å²) in [6.07, 6.45) is -0.215. The molecule has 0 aromatic heterocycles. The highest BCUT2D eigenvalue weighted by molar-refractivity contribution is 5.96. The Kier molecular flexibility index (Phi) is 4.66. The van der Waals surface area contributed by atoms with Crippen molar-refractivity contribution < 1.29 is 19.0 Å². The van der Waals surface area contributed by atoms with Gasteiger partial charge in [0.1, 0.15) is 18.5 Å². The second kappa shape index (κ2) is 7.05. The maximum Gasteiger partial charge on any atom is 0.255 e. The molecule has 0 aliphatic carbocycles. The fourth-order valence-electron chi connectivity index (χ4n) is 2.40. The summed E-state index contributed by atoms with van der Waals surface area (Å²) in [6, 6.07) is 14.7. The quantitative estimate of drug-likeness (QED) is 0.922. The van der Waals surface area contributed by atoms with Crippen molar-refractivity contribution in [2.45, 2.75) is 13.0 Å². The van der Waals surface area contributed by atoms with Gasteiger partial charge in [-0.05, 0) is 31.2 Å². The van der Waals surface area contributed by atoms with Gasteiger partial charge in [0, 0.05) is 0 Å². The zero-order valence-electron chi connectivity index (χ0n) is 13.0. The minimum absolute atomic E-state index is 0.184. The van der Waals surface area contributed by atoms with E-state index in [0.29, 0.717) is 36.8 Å². The monoisotopic (exact) mass is 313 g/mol. The molecule has 23 heavy (non-hydrogen) atoms. The van der Waals surface area contributed by atoms with E-state index < -0.39 is 0 Å². The summed E-state index contributed by atoms with van der Waals surface area (Å²) in [7, 11) is 0. The Morgan fingerprint density at radius 3 is 2.74 bits per heavy atom. The first-order valence-electron chi connectivity index (χ1n) is 7.66. The number of hydrogen-bond donors (Lipinski definition) is 1. The third-order valence-electron chi connectivity index (χ3n) is 3.49. The molecule has 0 spiro atoms. The molecule has 5 nitrogen and oxygen atoms in total. The van der Waals surface area contributed by atoms with Crippen molar-refractivity contribution in [3.05, 3.63) is 54.1 Å². The van der Waals surface area contributed by atoms with Crippen molar-refractivity contribution in [2.75, 3.05) is 19.8 Å². The lowest BCUT2D eigenvalue weighted by atomic mass is 10.2. The van der Waals surface area contributed by atoms with Crippen LogP contribution in [0.5, 0.6) is 17.2 Å². The van der Waals surface area contributed by atoms with E-state index >= 15 is 0 Å². The molecule has 5 heteroatoms. The first kappa shape index (κ1) is 15.2. The number of ether oxygens (including phenoxy) is 3. The van der Waals surface area contributed by atoms with E-state index in [1.807, 2.05) is 43.3 Å². The van der Waals surface area contributed by atoms with E-state index in [4.69, 9.17) is 14.2 Å². The van der Waals surface area contributed by atoms with Crippen molar-refractivity contribution in [3.63, 3.8) is 0 Å². The van der Waals surface area contributed by atoms with Gasteiger partial charge in [0.25, 0.3) is 5.91 Å². The molecule has 1 amide bonds. The molecular weight excluding hydrogens is 294 g/mol. The minimum Gasteiger partial charge on any atom is -0.493 e. The molecule has 0 saturated carbocycles. The summed E-state index contributed by atoms with van der Waals surface area (Å²) in [5.74, 6) is 1.83. The van der Waals surface area contributed by atoms with Crippen LogP contribution in [0.3, 0.4) is 0 Å². The Balaban J connectivity index is 1.60. The van der Waals surface area contributed by atoms with Gasteiger partial charge in [0.2, 0.25) is 0 Å². The summed E-state index contributed by atoms with van der Waals surface area (Å²) in [4.78, 5) is 12.3. The fraction of sp³-hybridized carbons (Fsp3) is 0.278. The van der Waals surface area contributed by atoms with Crippen molar-refractivity contribution >= 4 is 5.91 Å². The van der Waals surface area contributed by atoms with Gasteiger partial charge >= 0.3 is 0 Å². The minimum atomic E-state index is -0.215. The van der Waals surface area contributed by atoms with E-state index in [9.17, 15) is 4.79 Å². The second-order valence-electron chi connectivity index (χ2n) is 5.14. The summed E-state index contributed by atoms with van der Waals surface area (Å²) in [5, 5.41) is 2.87. The van der Waals surface area contributed by atoms with Crippen molar-refractivity contribution in [3.8, 4) is 17.2 Å². The summed E-state index contributed by atoms with van der Waals surface area (Å²) < 4.78 is 16.9. The third-order valence-corrected chi connectivity index (χ3v) is 3.49. The number of hydrogen-bond acceptors (Lipinski definition) is 4. The lowest BCUT2D eigenvalue weighted by Crippen LogP contribution is -2.40. The van der Waals surface area contributed by atoms with E-state index in [1.54, 1.807) is 12.1 Å². The molecule has 0 radical (unpaired) electrons. The van der Waals surface area contributed by atoms with Crippen LogP contribution in [0.2, 0.25) is 0 Å². The predicted molar refractivity (Wildman–Crippen MR) is 86.3 cm³/mol. The standard InChI is InChI=1S/C18H19NO4/c1-2-21-15-8-4-3-7-14(15)18(20)19-11-13-12-22-16-9-5-6-10-17(16)23-13/h3-10,13H,2,11-12H2,1H3,(H,19,20). The predicted octanol–water partition coefficient (Wildman–Crippen LogP) is 2.66. The summed E-state index contributed by atoms with van der Waals surface area (Å²) >= 11 is 0. The SMILES string of the molecule is CCOc1ccccc1C(=O)NCC1COc2ccccc2O1. The molecule has 1 atom stereocenters. The average Bonchev–Trinajstić information content (AvgIpc) is 2.60. The Morgan fingerprint density at radius 2 is 1.91 bits per heavy atom. The molecule has 1 unspecified atom stereocenters. The lowest BCUT2D eigenvalue weighted by molar-refractivity contribution is 0.0787. The first-order valence-corrected chi connectivity index (χ1v) is 7.66. The molecule has 3 rings (SSSR count). The zero-order valence-corrected chi connectivity index (χ0v) is 13.0. The average molecular weight is 313 g/mol. The number of amides is 1. The summed E-state index contributed by atoms with van der Waals surface area (Å²) in [6.45, 7) is 3.18. The number of carbonyl (C=O) groups is 1. The lowest BCUT2D eigenvalue weighted by Gasteiger charge is -2.26. The van der Waals surface area contributed by atoms with Gasteiger partial charge < -0.3 is 19.5 Å². The number of rotatable bonds is 5. The van der Waals surface area contributed by atoms with Crippen molar-refractivity contribution in [2.24, 2.45) is 0 Å². The number of benzene rings is 2. The van der Waals surface area contributed by atoms with E-state index in [-0.39, 0.29) is 12.0 Å². The number of carbonyl (C=O) groups excluding carboxylic acids is 1. The number of nitrogens with one attached hydrogen (secondary N) is 1. The largest absolute Gasteiger partial charge is 0.493 e. The van der Waals surface area contributed by atoms with Crippen LogP contribution < -0.4 is 19.5 Å². The molecule has 1 N–H and O–H groups in total. The van der Waals surface area contributed by atoms with Crippen molar-refractivity contribution in [1.82, 2.24) is 5.32 Å². The van der Waals surface area contributed by atoms with E-state index in [2.05, 4.69) is 5.32 Å². The van der Waals surface area contributed by atoms with Crippen LogP contribution in [0.15, 0.2) is 48.5 Å². The molecule has 0 bridgehead atoms. The number of para-hydroxylation sites is 3. The Bertz CT molecular complexity index is 686. The topological polar surface area (TPSA) is 56.8 Å². The molecule has 120 valence electrons. The van der Waals surface area contributed by atoms with Gasteiger partial charge in [-0.3, -0.25) is 4.79 Å². The molecule has 0 saturated heterocycles. The maximum absolute atomic E-state index is 12.3. The highest BCUT2D eigenvalue weighted by Gasteiger charge is 2.21. The molecule has 1 aliphatic rings. The van der Waals surface area contributed by atoms with E-state index in [0.717, 1.165) is 5.75 Å². The van der Waals surface area contributed by atoms with Gasteiger partial charge in [-0.25, -0.2) is 0 Å². The van der Waals surface area contributed by atoms with Crippen LogP contribution in [0, 0.1) is 0 Å². The smallest absolute Gasteiger partial charge is 0.255 e. The van der Waals surface area contributed by atoms with Crippen LogP contribution >= 0.6 is 0 Å². The maximum atomic E-state index is 12.3. The van der Waals surface area contributed by atoms with E-state index in [1.165, 1.54) is 0 Å². The van der Waals surface area contributed by atoms with Crippen LogP contribution in [0.4, 0.5) is 0 Å². The van der Waals surface area contributed by atoms with Crippen LogP contribution in [0.1, 0.15) is 17.3 Å². The molecule has 0 fully saturated rings. The van der Waals surface area contributed by atoms with Gasteiger partial charge in [-0.15, -0.1) is 0 Å². The Morgan fingerprint density at radius 1 is 1.17 bits per heavy atom. The second-order valence-corrected chi connectivity index (χ2v) is 5.14. The van der Waals surface area contributed by atoms with Gasteiger partial charge in [-0.1, -0.05) is 24.3 Å². The molecule has 2 aromatic carbocycles. The number of fused-ring (bicyclic) bond motifs is 1. The van der Waals surface area contributed by atoms with Gasteiger partial charge in [0.05, 0.1) is 18.7 Å². The third kappa shape index (κ3) is 3.56. The molecular formula is C18H19NO4. The Hall–Kier alpha value is -2.69. The first-order chi connectivity index (χ1) is 11.3. The van der Waals surface area contributed by atoms with Crippen molar-refractivity contribution in [1.29, 1.82) is 0 Å². The molecule has 2 aromatic rings. The highest BCUT2D eigenvalue weighted by atomic mass is 16.6. The zero-order chi connectivity index (χ0) is 16.1. The van der Waals surface area contributed by atoms with Crippen LogP contribution in [-0.2, 0) is 0 Å². The highest BCUT2D eigenvalue weighted by Crippen LogP contribution is 2.30. The van der Waals surface area contributed by atoms with Crippen LogP contribution in [-0.4, -0.2) is 31.8 Å². The fourth-order valence-corrected chi connectivity index (χ4v) is 2.40. The van der Waals surface area contributed by atoms with Gasteiger partial charge in [-0.2, -0.15) is 0 Å². The van der Waals surface area contributed by atoms with Gasteiger partial charge in [0.15, 0.2) is 11.5 Å². The molecule has 1 aliphatic heterocycles. The van der Waals surface area contributed by atoms with Crippen LogP contribution in [0.25, 0.3) is 0 Å². The summed E-state index contributed by atoms with van der Waals surface area (Å²) in [5.41, 5.74) is 0.520.